The van der Waals surface area contributed by atoms with Gasteiger partial charge in [-0.25, -0.2) is 4.90 Å². The van der Waals surface area contributed by atoms with Gasteiger partial charge in [0.1, 0.15) is 0 Å². The van der Waals surface area contributed by atoms with Crippen LogP contribution in [0.1, 0.15) is 5.56 Å². The standard InChI is InChI=1S/C11H10BrNO2S/c1-7-2-8(12)4-9(3-7)13-10(14)5-16-6-11(13)15/h2-4H,5-6H2,1H3. The highest BCUT2D eigenvalue weighted by molar-refractivity contribution is 9.10. The minimum absolute atomic E-state index is 0.140. The number of thioether (sulfide) groups is 1. The Morgan fingerprint density at radius 1 is 1.19 bits per heavy atom. The third-order valence-corrected chi connectivity index (χ3v) is 3.59. The zero-order valence-electron chi connectivity index (χ0n) is 8.70. The quantitative estimate of drug-likeness (QED) is 0.747. The molecule has 1 aliphatic rings. The lowest BCUT2D eigenvalue weighted by molar-refractivity contribution is -0.124. The Morgan fingerprint density at radius 2 is 1.81 bits per heavy atom. The number of benzene rings is 1. The van der Waals surface area contributed by atoms with Crippen molar-refractivity contribution >= 4 is 45.2 Å². The van der Waals surface area contributed by atoms with Crippen molar-refractivity contribution < 1.29 is 9.59 Å². The van der Waals surface area contributed by atoms with Gasteiger partial charge in [-0.05, 0) is 30.7 Å². The van der Waals surface area contributed by atoms with Gasteiger partial charge in [-0.1, -0.05) is 15.9 Å². The molecule has 84 valence electrons. The first-order valence-corrected chi connectivity index (χ1v) is 6.73. The summed E-state index contributed by atoms with van der Waals surface area (Å²) in [6, 6.07) is 5.58. The number of halogens is 1. The van der Waals surface area contributed by atoms with Crippen molar-refractivity contribution in [3.05, 3.63) is 28.2 Å². The second-order valence-electron chi connectivity index (χ2n) is 3.60. The number of nitrogens with zero attached hydrogens (tertiary/aromatic N) is 1. The van der Waals surface area contributed by atoms with Crippen molar-refractivity contribution in [2.75, 3.05) is 16.4 Å². The largest absolute Gasteiger partial charge is 0.273 e. The summed E-state index contributed by atoms with van der Waals surface area (Å²) in [7, 11) is 0. The van der Waals surface area contributed by atoms with Gasteiger partial charge >= 0.3 is 0 Å². The van der Waals surface area contributed by atoms with E-state index < -0.39 is 0 Å². The highest BCUT2D eigenvalue weighted by atomic mass is 79.9. The van der Waals surface area contributed by atoms with E-state index in [1.165, 1.54) is 16.7 Å². The smallest absolute Gasteiger partial charge is 0.243 e. The zero-order valence-corrected chi connectivity index (χ0v) is 11.1. The lowest BCUT2D eigenvalue weighted by Gasteiger charge is -2.25. The molecule has 0 atom stereocenters. The van der Waals surface area contributed by atoms with E-state index in [9.17, 15) is 9.59 Å². The summed E-state index contributed by atoms with van der Waals surface area (Å²) in [5.74, 6) is 0.465. The predicted molar refractivity (Wildman–Crippen MR) is 68.7 cm³/mol. The molecule has 0 radical (unpaired) electrons. The van der Waals surface area contributed by atoms with Crippen molar-refractivity contribution in [2.45, 2.75) is 6.92 Å². The van der Waals surface area contributed by atoms with E-state index in [4.69, 9.17) is 0 Å². The van der Waals surface area contributed by atoms with E-state index in [1.807, 2.05) is 19.1 Å². The Labute approximate surface area is 106 Å². The molecular formula is C11H10BrNO2S. The van der Waals surface area contributed by atoms with Crippen LogP contribution in [-0.4, -0.2) is 23.3 Å². The van der Waals surface area contributed by atoms with Crippen LogP contribution in [0, 0.1) is 6.92 Å². The summed E-state index contributed by atoms with van der Waals surface area (Å²) in [6.45, 7) is 1.93. The van der Waals surface area contributed by atoms with E-state index in [2.05, 4.69) is 15.9 Å². The normalized spacial score (nSPS) is 16.8. The van der Waals surface area contributed by atoms with Crippen molar-refractivity contribution in [3.8, 4) is 0 Å². The molecule has 0 unspecified atom stereocenters. The lowest BCUT2D eigenvalue weighted by Crippen LogP contribution is -2.43. The van der Waals surface area contributed by atoms with Crippen molar-refractivity contribution in [1.29, 1.82) is 0 Å². The van der Waals surface area contributed by atoms with Crippen LogP contribution in [0.25, 0.3) is 0 Å². The maximum atomic E-state index is 11.7. The van der Waals surface area contributed by atoms with Crippen LogP contribution in [0.15, 0.2) is 22.7 Å². The first-order chi connectivity index (χ1) is 7.58. The van der Waals surface area contributed by atoms with Gasteiger partial charge in [-0.3, -0.25) is 9.59 Å². The number of hydrogen-bond donors (Lipinski definition) is 0. The molecular weight excluding hydrogens is 290 g/mol. The fourth-order valence-electron chi connectivity index (χ4n) is 1.63. The summed E-state index contributed by atoms with van der Waals surface area (Å²) >= 11 is 4.73. The highest BCUT2D eigenvalue weighted by Crippen LogP contribution is 2.26. The molecule has 1 heterocycles. The van der Waals surface area contributed by atoms with Crippen LogP contribution >= 0.6 is 27.7 Å². The second-order valence-corrected chi connectivity index (χ2v) is 5.50. The number of anilines is 1. The molecule has 16 heavy (non-hydrogen) atoms. The molecule has 1 fully saturated rings. The third kappa shape index (κ3) is 2.30. The number of aryl methyl sites for hydroxylation is 1. The Hall–Kier alpha value is -0.810. The van der Waals surface area contributed by atoms with E-state index in [1.54, 1.807) is 6.07 Å². The van der Waals surface area contributed by atoms with Gasteiger partial charge in [0.05, 0.1) is 17.2 Å². The maximum Gasteiger partial charge on any atom is 0.243 e. The van der Waals surface area contributed by atoms with E-state index in [-0.39, 0.29) is 11.8 Å². The fraction of sp³-hybridized carbons (Fsp3) is 0.273. The van der Waals surface area contributed by atoms with Crippen LogP contribution in [-0.2, 0) is 9.59 Å². The molecule has 1 saturated heterocycles. The Morgan fingerprint density at radius 3 is 2.38 bits per heavy atom. The van der Waals surface area contributed by atoms with Crippen molar-refractivity contribution in [2.24, 2.45) is 0 Å². The molecule has 0 bridgehead atoms. The molecule has 0 aromatic heterocycles. The summed E-state index contributed by atoms with van der Waals surface area (Å²) in [4.78, 5) is 24.7. The molecule has 0 N–H and O–H groups in total. The third-order valence-electron chi connectivity index (χ3n) is 2.23. The topological polar surface area (TPSA) is 37.4 Å². The van der Waals surface area contributed by atoms with E-state index >= 15 is 0 Å². The number of imide groups is 1. The van der Waals surface area contributed by atoms with E-state index in [0.29, 0.717) is 17.2 Å². The SMILES string of the molecule is Cc1cc(Br)cc(N2C(=O)CSCC2=O)c1. The second kappa shape index (κ2) is 4.59. The van der Waals surface area contributed by atoms with Gasteiger partial charge in [0.25, 0.3) is 0 Å². The Bertz CT molecular complexity index is 425. The molecule has 0 spiro atoms. The number of carbonyl (C=O) groups excluding carboxylic acids is 2. The average molecular weight is 300 g/mol. The molecule has 5 heteroatoms. The van der Waals surface area contributed by atoms with Crippen LogP contribution in [0.5, 0.6) is 0 Å². The molecule has 3 nitrogen and oxygen atoms in total. The van der Waals surface area contributed by atoms with Crippen LogP contribution < -0.4 is 4.90 Å². The average Bonchev–Trinajstić information content (AvgIpc) is 2.15. The van der Waals surface area contributed by atoms with Crippen LogP contribution in [0.3, 0.4) is 0 Å². The molecule has 1 aromatic rings. The first-order valence-electron chi connectivity index (χ1n) is 4.78. The fourth-order valence-corrected chi connectivity index (χ4v) is 2.93. The zero-order chi connectivity index (χ0) is 11.7. The summed E-state index contributed by atoms with van der Waals surface area (Å²) in [5, 5.41) is 0. The minimum Gasteiger partial charge on any atom is -0.273 e. The maximum absolute atomic E-state index is 11.7. The monoisotopic (exact) mass is 299 g/mol. The number of amides is 2. The van der Waals surface area contributed by atoms with Gasteiger partial charge in [0.15, 0.2) is 0 Å². The van der Waals surface area contributed by atoms with Gasteiger partial charge in [0.2, 0.25) is 11.8 Å². The molecule has 2 rings (SSSR count). The predicted octanol–water partition coefficient (Wildman–Crippen LogP) is 2.36. The summed E-state index contributed by atoms with van der Waals surface area (Å²) in [6.07, 6.45) is 0. The Balaban J connectivity index is 2.41. The van der Waals surface area contributed by atoms with Gasteiger partial charge in [0, 0.05) is 4.47 Å². The number of carbonyl (C=O) groups is 2. The van der Waals surface area contributed by atoms with Gasteiger partial charge in [-0.2, -0.15) is 0 Å². The molecule has 1 aromatic carbocycles. The molecule has 1 aliphatic heterocycles. The molecule has 0 saturated carbocycles. The van der Waals surface area contributed by atoms with Crippen molar-refractivity contribution in [1.82, 2.24) is 0 Å². The highest BCUT2D eigenvalue weighted by Gasteiger charge is 2.27. The number of rotatable bonds is 1. The lowest BCUT2D eigenvalue weighted by atomic mass is 10.2. The summed E-state index contributed by atoms with van der Waals surface area (Å²) < 4.78 is 0.876. The first kappa shape index (κ1) is 11.7. The van der Waals surface area contributed by atoms with Gasteiger partial charge < -0.3 is 0 Å². The number of hydrogen-bond acceptors (Lipinski definition) is 3. The van der Waals surface area contributed by atoms with Crippen LogP contribution in [0.2, 0.25) is 0 Å². The molecule has 0 aliphatic carbocycles. The van der Waals surface area contributed by atoms with Crippen molar-refractivity contribution in [3.63, 3.8) is 0 Å². The Kier molecular flexibility index (Phi) is 3.35. The van der Waals surface area contributed by atoms with E-state index in [0.717, 1.165) is 10.0 Å². The van der Waals surface area contributed by atoms with Gasteiger partial charge in [-0.15, -0.1) is 11.8 Å². The minimum atomic E-state index is -0.140. The summed E-state index contributed by atoms with van der Waals surface area (Å²) in [5.41, 5.74) is 1.67. The van der Waals surface area contributed by atoms with Crippen LogP contribution in [0.4, 0.5) is 5.69 Å². The molecule has 2 amide bonds.